The number of carboxylic acid groups (broad SMARTS) is 1. The first-order valence-electron chi connectivity index (χ1n) is 5.26. The van der Waals surface area contributed by atoms with E-state index in [2.05, 4.69) is 14.9 Å². The van der Waals surface area contributed by atoms with Gasteiger partial charge >= 0.3 is 5.97 Å². The summed E-state index contributed by atoms with van der Waals surface area (Å²) in [5, 5.41) is 15.1. The van der Waals surface area contributed by atoms with Gasteiger partial charge in [-0.15, -0.1) is 0 Å². The van der Waals surface area contributed by atoms with E-state index in [4.69, 9.17) is 5.11 Å². The molecular weight excluding hydrogens is 270 g/mol. The number of H-pyrrole nitrogens is 1. The Labute approximate surface area is 109 Å². The van der Waals surface area contributed by atoms with Gasteiger partial charge < -0.3 is 5.11 Å². The number of anilines is 1. The summed E-state index contributed by atoms with van der Waals surface area (Å²) in [6.45, 7) is 1.69. The molecule has 1 aromatic heterocycles. The number of nitrogens with one attached hydrogen (secondary N) is 2. The van der Waals surface area contributed by atoms with E-state index in [-0.39, 0.29) is 16.3 Å². The summed E-state index contributed by atoms with van der Waals surface area (Å²) in [5.41, 5.74) is 0.544. The molecule has 1 aromatic carbocycles. The van der Waals surface area contributed by atoms with E-state index in [1.165, 1.54) is 24.4 Å². The summed E-state index contributed by atoms with van der Waals surface area (Å²) < 4.78 is 26.5. The van der Waals surface area contributed by atoms with Gasteiger partial charge in [-0.1, -0.05) is 6.07 Å². The zero-order chi connectivity index (χ0) is 14.0. The Morgan fingerprint density at radius 1 is 1.42 bits per heavy atom. The van der Waals surface area contributed by atoms with Crippen LogP contribution < -0.4 is 4.72 Å². The Morgan fingerprint density at radius 2 is 2.16 bits per heavy atom. The van der Waals surface area contributed by atoms with Crippen molar-refractivity contribution in [2.24, 2.45) is 0 Å². The molecule has 0 atom stereocenters. The molecule has 2 aromatic rings. The number of benzene rings is 1. The molecule has 0 radical (unpaired) electrons. The second kappa shape index (κ2) is 4.73. The number of hydrogen-bond acceptors (Lipinski definition) is 4. The highest BCUT2D eigenvalue weighted by Crippen LogP contribution is 2.17. The van der Waals surface area contributed by atoms with Crippen molar-refractivity contribution < 1.29 is 18.3 Å². The lowest BCUT2D eigenvalue weighted by Gasteiger charge is -2.07. The molecule has 1 heterocycles. The van der Waals surface area contributed by atoms with E-state index >= 15 is 0 Å². The van der Waals surface area contributed by atoms with Gasteiger partial charge in [-0.25, -0.2) is 13.2 Å². The van der Waals surface area contributed by atoms with Crippen molar-refractivity contribution in [2.45, 2.75) is 11.8 Å². The highest BCUT2D eigenvalue weighted by Gasteiger charge is 2.17. The van der Waals surface area contributed by atoms with Crippen molar-refractivity contribution in [2.75, 3.05) is 4.72 Å². The van der Waals surface area contributed by atoms with Gasteiger partial charge in [0.15, 0.2) is 0 Å². The summed E-state index contributed by atoms with van der Waals surface area (Å²) in [6.07, 6.45) is 1.48. The lowest BCUT2D eigenvalue weighted by molar-refractivity contribution is 0.0696. The predicted molar refractivity (Wildman–Crippen MR) is 67.5 cm³/mol. The molecule has 0 aliphatic rings. The topological polar surface area (TPSA) is 112 Å². The van der Waals surface area contributed by atoms with Crippen molar-refractivity contribution in [1.82, 2.24) is 10.2 Å². The summed E-state index contributed by atoms with van der Waals surface area (Å²) >= 11 is 0. The fourth-order valence-corrected chi connectivity index (χ4v) is 2.57. The minimum Gasteiger partial charge on any atom is -0.478 e. The summed E-state index contributed by atoms with van der Waals surface area (Å²) in [7, 11) is -3.85. The van der Waals surface area contributed by atoms with Crippen LogP contribution >= 0.6 is 0 Å². The smallest absolute Gasteiger partial charge is 0.335 e. The van der Waals surface area contributed by atoms with E-state index in [9.17, 15) is 13.2 Å². The van der Waals surface area contributed by atoms with Gasteiger partial charge in [0, 0.05) is 5.56 Å². The van der Waals surface area contributed by atoms with Crippen LogP contribution in [0.1, 0.15) is 15.9 Å². The van der Waals surface area contributed by atoms with Gasteiger partial charge in [0.25, 0.3) is 10.0 Å². The number of hydrogen-bond donors (Lipinski definition) is 3. The van der Waals surface area contributed by atoms with E-state index in [0.717, 1.165) is 6.07 Å². The number of sulfonamides is 1. The molecule has 0 bridgehead atoms. The number of carbonyl (C=O) groups is 1. The van der Waals surface area contributed by atoms with E-state index in [1.807, 2.05) is 0 Å². The molecule has 0 aliphatic heterocycles. The second-order valence-electron chi connectivity index (χ2n) is 3.87. The molecular formula is C11H11N3O4S. The Balaban J connectivity index is 2.37. The Morgan fingerprint density at radius 3 is 2.74 bits per heavy atom. The molecule has 0 saturated heterocycles. The largest absolute Gasteiger partial charge is 0.478 e. The lowest BCUT2D eigenvalue weighted by atomic mass is 10.2. The first-order chi connectivity index (χ1) is 8.90. The third-order valence-electron chi connectivity index (χ3n) is 2.46. The minimum atomic E-state index is -3.85. The van der Waals surface area contributed by atoms with Crippen LogP contribution in [0.2, 0.25) is 0 Å². The van der Waals surface area contributed by atoms with Crippen molar-refractivity contribution >= 4 is 21.8 Å². The number of rotatable bonds is 4. The maximum Gasteiger partial charge on any atom is 0.335 e. The second-order valence-corrected chi connectivity index (χ2v) is 5.55. The van der Waals surface area contributed by atoms with Crippen LogP contribution in [0.25, 0.3) is 0 Å². The number of aryl methyl sites for hydroxylation is 1. The number of aromatic nitrogens is 2. The average Bonchev–Trinajstić information content (AvgIpc) is 2.74. The zero-order valence-corrected chi connectivity index (χ0v) is 10.7. The van der Waals surface area contributed by atoms with Crippen LogP contribution in [-0.4, -0.2) is 29.7 Å². The number of carboxylic acids is 1. The minimum absolute atomic E-state index is 0.0933. The Bertz CT molecular complexity index is 721. The summed E-state index contributed by atoms with van der Waals surface area (Å²) in [4.78, 5) is 10.7. The highest BCUT2D eigenvalue weighted by molar-refractivity contribution is 7.92. The standard InChI is InChI=1S/C11H11N3O4S/c1-7-6-12-13-10(7)14-19(17,18)9-4-2-3-8(5-9)11(15)16/h2-6H,1H3,(H,15,16)(H2,12,13,14). The van der Waals surface area contributed by atoms with Crippen LogP contribution in [0, 0.1) is 6.92 Å². The third kappa shape index (κ3) is 2.74. The van der Waals surface area contributed by atoms with Crippen LogP contribution in [0.3, 0.4) is 0 Å². The monoisotopic (exact) mass is 281 g/mol. The molecule has 7 nitrogen and oxygen atoms in total. The van der Waals surface area contributed by atoms with Crippen LogP contribution in [0.15, 0.2) is 35.4 Å². The first kappa shape index (κ1) is 13.1. The van der Waals surface area contributed by atoms with Crippen LogP contribution in [-0.2, 0) is 10.0 Å². The van der Waals surface area contributed by atoms with Crippen molar-refractivity contribution in [3.05, 3.63) is 41.6 Å². The number of nitrogens with zero attached hydrogens (tertiary/aromatic N) is 1. The maximum atomic E-state index is 12.1. The van der Waals surface area contributed by atoms with Gasteiger partial charge in [0.05, 0.1) is 16.7 Å². The molecule has 0 aliphatic carbocycles. The average molecular weight is 281 g/mol. The molecule has 3 N–H and O–H groups in total. The van der Waals surface area contributed by atoms with Crippen molar-refractivity contribution in [1.29, 1.82) is 0 Å². The number of aromatic amines is 1. The lowest BCUT2D eigenvalue weighted by Crippen LogP contribution is -2.14. The molecule has 19 heavy (non-hydrogen) atoms. The third-order valence-corrected chi connectivity index (χ3v) is 3.80. The Hall–Kier alpha value is -2.35. The normalized spacial score (nSPS) is 11.2. The number of aromatic carboxylic acids is 1. The fraction of sp³-hybridized carbons (Fsp3) is 0.0909. The SMILES string of the molecule is Cc1cn[nH]c1NS(=O)(=O)c1cccc(C(=O)O)c1. The van der Waals surface area contributed by atoms with Gasteiger partial charge in [0.2, 0.25) is 0 Å². The molecule has 0 amide bonds. The molecule has 0 spiro atoms. The quantitative estimate of drug-likeness (QED) is 0.780. The van der Waals surface area contributed by atoms with Crippen LogP contribution in [0.5, 0.6) is 0 Å². The molecule has 100 valence electrons. The highest BCUT2D eigenvalue weighted by atomic mass is 32.2. The summed E-state index contributed by atoms with van der Waals surface area (Å²) in [5.74, 6) is -0.935. The maximum absolute atomic E-state index is 12.1. The molecule has 0 fully saturated rings. The van der Waals surface area contributed by atoms with Gasteiger partial charge in [-0.2, -0.15) is 5.10 Å². The molecule has 2 rings (SSSR count). The predicted octanol–water partition coefficient (Wildman–Crippen LogP) is 1.22. The van der Waals surface area contributed by atoms with Crippen molar-refractivity contribution in [3.63, 3.8) is 0 Å². The van der Waals surface area contributed by atoms with Gasteiger partial charge in [-0.05, 0) is 25.1 Å². The van der Waals surface area contributed by atoms with Crippen molar-refractivity contribution in [3.8, 4) is 0 Å². The zero-order valence-electron chi connectivity index (χ0n) is 9.91. The summed E-state index contributed by atoms with van der Waals surface area (Å²) in [6, 6.07) is 5.11. The van der Waals surface area contributed by atoms with E-state index < -0.39 is 16.0 Å². The van der Waals surface area contributed by atoms with Gasteiger partial charge in [-0.3, -0.25) is 9.82 Å². The molecule has 8 heteroatoms. The fourth-order valence-electron chi connectivity index (χ4n) is 1.44. The van der Waals surface area contributed by atoms with Crippen LogP contribution in [0.4, 0.5) is 5.82 Å². The first-order valence-corrected chi connectivity index (χ1v) is 6.74. The van der Waals surface area contributed by atoms with E-state index in [0.29, 0.717) is 5.56 Å². The van der Waals surface area contributed by atoms with Gasteiger partial charge in [0.1, 0.15) is 5.82 Å². The molecule has 0 saturated carbocycles. The van der Waals surface area contributed by atoms with E-state index in [1.54, 1.807) is 6.92 Å². The molecule has 0 unspecified atom stereocenters. The Kier molecular flexibility index (Phi) is 3.26.